The van der Waals surface area contributed by atoms with Crippen molar-refractivity contribution in [2.24, 2.45) is 23.3 Å². The van der Waals surface area contributed by atoms with Gasteiger partial charge in [0, 0.05) is 38.8 Å². The second kappa shape index (κ2) is 34.0. The van der Waals surface area contributed by atoms with Gasteiger partial charge in [-0.05, 0) is 170 Å². The Hall–Kier alpha value is -11.1. The van der Waals surface area contributed by atoms with Crippen LogP contribution in [0.3, 0.4) is 0 Å². The van der Waals surface area contributed by atoms with Gasteiger partial charge in [-0.3, -0.25) is 47.9 Å². The van der Waals surface area contributed by atoms with E-state index in [2.05, 4.69) is 54.7 Å². The van der Waals surface area contributed by atoms with E-state index in [1.807, 2.05) is 172 Å². The van der Waals surface area contributed by atoms with Crippen molar-refractivity contribution in [2.45, 2.75) is 172 Å². The fourth-order valence-electron chi connectivity index (χ4n) is 16.5. The second-order valence-corrected chi connectivity index (χ2v) is 30.5. The molecule has 0 saturated carbocycles. The molecule has 13 rings (SSSR count). The summed E-state index contributed by atoms with van der Waals surface area (Å²) in [5.41, 5.74) is 15.1. The molecule has 3 aliphatic rings. The lowest BCUT2D eigenvalue weighted by molar-refractivity contribution is -0.143. The number of nitrogens with two attached hydrogens (primary N) is 2. The first kappa shape index (κ1) is 76.1. The number of benzene rings is 10. The van der Waals surface area contributed by atoms with Gasteiger partial charge in [-0.15, -0.1) is 0 Å². The van der Waals surface area contributed by atoms with Gasteiger partial charge in [-0.25, -0.2) is 0 Å². The Kier molecular flexibility index (Phi) is 23.7. The van der Waals surface area contributed by atoms with Crippen LogP contribution in [0, 0.1) is 11.8 Å². The van der Waals surface area contributed by atoms with Crippen molar-refractivity contribution >= 4 is 124 Å². The highest BCUT2D eigenvalue weighted by Gasteiger charge is 2.44. The summed E-state index contributed by atoms with van der Waals surface area (Å²) in [7, 11) is 0. The maximum absolute atomic E-state index is 15.9. The highest BCUT2D eigenvalue weighted by molar-refractivity contribution is 6.25. The number of carbonyl (C=O) groups excluding carboxylic acids is 10. The van der Waals surface area contributed by atoms with Gasteiger partial charge in [0.1, 0.15) is 60.4 Å². The fourth-order valence-corrected chi connectivity index (χ4v) is 16.5. The lowest BCUT2D eigenvalue weighted by atomic mass is 9.90. The first-order valence-electron chi connectivity index (χ1n) is 38.6. The Morgan fingerprint density at radius 2 is 0.697 bits per heavy atom. The molecule has 0 aromatic heterocycles. The molecule has 10 amide bonds. The van der Waals surface area contributed by atoms with Crippen molar-refractivity contribution in [3.05, 3.63) is 192 Å². The molecule has 2 unspecified atom stereocenters. The van der Waals surface area contributed by atoms with Crippen LogP contribution in [-0.2, 0) is 73.6 Å². The molecule has 566 valence electrons. The topological polar surface area (TPSA) is 325 Å². The van der Waals surface area contributed by atoms with Crippen molar-refractivity contribution in [1.29, 1.82) is 0 Å². The molecular formula is C87H98N12O10. The smallest absolute Gasteiger partial charge is 0.246 e. The first-order chi connectivity index (χ1) is 52.7. The summed E-state index contributed by atoms with van der Waals surface area (Å²) in [6, 6.07) is 41.6. The minimum atomic E-state index is -1.43. The third kappa shape index (κ3) is 17.0. The summed E-state index contributed by atoms with van der Waals surface area (Å²) >= 11 is 0. The lowest BCUT2D eigenvalue weighted by Crippen LogP contribution is -2.62. The van der Waals surface area contributed by atoms with Crippen LogP contribution >= 0.6 is 0 Å². The van der Waals surface area contributed by atoms with Gasteiger partial charge >= 0.3 is 0 Å². The van der Waals surface area contributed by atoms with Gasteiger partial charge in [0.2, 0.25) is 59.1 Å². The summed E-state index contributed by atoms with van der Waals surface area (Å²) in [4.78, 5) is 157. The molecule has 109 heavy (non-hydrogen) atoms. The molecule has 0 aliphatic carbocycles. The number of hydrogen-bond donors (Lipinski definition) is 10. The maximum Gasteiger partial charge on any atom is 0.246 e. The fraction of sp³-hybridized carbons (Fsp3) is 0.379. The summed E-state index contributed by atoms with van der Waals surface area (Å²) in [5, 5.41) is 35.5. The Labute approximate surface area is 634 Å². The number of amides is 10. The zero-order valence-corrected chi connectivity index (χ0v) is 62.2. The van der Waals surface area contributed by atoms with Crippen molar-refractivity contribution in [3.8, 4) is 0 Å². The van der Waals surface area contributed by atoms with Crippen LogP contribution in [0.1, 0.15) is 108 Å². The normalized spacial score (nSPS) is 23.1. The van der Waals surface area contributed by atoms with Crippen LogP contribution in [0.15, 0.2) is 170 Å². The SMILES string of the molecule is CC(C)C[C@@H]1NC(=O)[C@H](CCCN)NC(=O)[C@H](C(C)C)NC(=O)C2CCCN2C(=O)[C@@H](Cc2ccccc2)NC(=O)[C@H](Cc2ccc3ccc4cccc5ccc2c3c45)NC(=O)[C@H](CCCN)NC(=O)[C@H](Cc2ccc3ccc4cccc5ccc2c3c45)NC(=O)C2CCCN2C(=O)[C@@H](Cc2ccccc2)NC1=O. The van der Waals surface area contributed by atoms with E-state index >= 15 is 33.6 Å². The number of carbonyl (C=O) groups is 10. The average Bonchev–Trinajstić information content (AvgIpc) is 1.52. The highest BCUT2D eigenvalue weighted by atomic mass is 16.2. The Balaban J connectivity index is 0.908. The second-order valence-electron chi connectivity index (χ2n) is 30.5. The third-order valence-electron chi connectivity index (χ3n) is 22.1. The number of rotatable bonds is 17. The van der Waals surface area contributed by atoms with Gasteiger partial charge in [-0.1, -0.05) is 198 Å². The van der Waals surface area contributed by atoms with E-state index in [0.717, 1.165) is 64.6 Å². The monoisotopic (exact) mass is 1470 g/mol. The number of nitrogens with one attached hydrogen (secondary N) is 8. The van der Waals surface area contributed by atoms with E-state index in [1.54, 1.807) is 13.8 Å². The number of fused-ring (bicyclic) bond motifs is 2. The minimum absolute atomic E-state index is 0.00984. The largest absolute Gasteiger partial charge is 0.343 e. The first-order valence-corrected chi connectivity index (χ1v) is 38.6. The molecule has 12 N–H and O–H groups in total. The molecular weight excluding hydrogens is 1370 g/mol. The van der Waals surface area contributed by atoms with Crippen LogP contribution < -0.4 is 54.0 Å². The standard InChI is InChI=1S/C87H98N12O10/c1-50(2)45-66-80(102)95-69(46-52-17-7-5-8-18-52)86(108)98-43-15-27-71(98)83(105)94-68(49-61-36-34-59-32-30-55-22-12-24-57-38-40-63(61)76(59)74(55)57)81(103)90-64(25-13-41-88)78(100)93-67(48-60-35-33-58-31-29-54-21-11-23-56-37-39-62(60)75(58)73(54)56)82(104)96-70(47-53-19-9-6-10-20-53)87(109)99-44-16-28-72(99)84(106)97-77(51(3)4)85(107)91-65(26-14-42-89)79(101)92-66/h5-12,17-24,29-40,50-51,64-72,77H,13-16,25-28,41-49,88-89H2,1-4H3,(H,90,103)(H,91,107)(H,92,101)(H,93,100)(H,94,105)(H,95,102)(H,96,104)(H,97,106)/t64-,65-,66-,67-,68-,69+,70+,71?,72?,77-/m0/s1. The molecule has 3 heterocycles. The van der Waals surface area contributed by atoms with Crippen LogP contribution in [0.4, 0.5) is 0 Å². The molecule has 0 spiro atoms. The highest BCUT2D eigenvalue weighted by Crippen LogP contribution is 2.39. The Morgan fingerprint density at radius 3 is 1.12 bits per heavy atom. The quantitative estimate of drug-likeness (QED) is 0.0390. The van der Waals surface area contributed by atoms with Gasteiger partial charge < -0.3 is 63.8 Å². The van der Waals surface area contributed by atoms with E-state index in [1.165, 1.54) is 9.80 Å². The Morgan fingerprint density at radius 1 is 0.349 bits per heavy atom. The van der Waals surface area contributed by atoms with Crippen molar-refractivity contribution in [2.75, 3.05) is 26.2 Å². The predicted octanol–water partition coefficient (Wildman–Crippen LogP) is 7.81. The molecule has 3 fully saturated rings. The molecule has 10 aromatic carbocycles. The van der Waals surface area contributed by atoms with Gasteiger partial charge in [0.25, 0.3) is 0 Å². The molecule has 10 atom stereocenters. The minimum Gasteiger partial charge on any atom is -0.343 e. The zero-order valence-electron chi connectivity index (χ0n) is 62.2. The van der Waals surface area contributed by atoms with Crippen molar-refractivity contribution in [3.63, 3.8) is 0 Å². The number of hydrogen-bond acceptors (Lipinski definition) is 12. The number of nitrogens with zero attached hydrogens (tertiary/aromatic N) is 2. The molecule has 3 saturated heterocycles. The van der Waals surface area contributed by atoms with Gasteiger partial charge in [0.15, 0.2) is 0 Å². The zero-order chi connectivity index (χ0) is 76.6. The van der Waals surface area contributed by atoms with Crippen LogP contribution in [-0.4, -0.2) is 155 Å². The van der Waals surface area contributed by atoms with E-state index in [0.29, 0.717) is 35.1 Å². The summed E-state index contributed by atoms with van der Waals surface area (Å²) in [6.45, 7) is 7.72. The maximum atomic E-state index is 15.9. The van der Waals surface area contributed by atoms with E-state index in [4.69, 9.17) is 11.5 Å². The van der Waals surface area contributed by atoms with E-state index < -0.39 is 125 Å². The van der Waals surface area contributed by atoms with Gasteiger partial charge in [-0.2, -0.15) is 0 Å². The van der Waals surface area contributed by atoms with E-state index in [9.17, 15) is 14.4 Å². The predicted molar refractivity (Wildman–Crippen MR) is 424 cm³/mol. The Bertz CT molecular complexity index is 4980. The lowest BCUT2D eigenvalue weighted by Gasteiger charge is -2.32. The summed E-state index contributed by atoms with van der Waals surface area (Å²) < 4.78 is 0. The molecule has 22 nitrogen and oxygen atoms in total. The van der Waals surface area contributed by atoms with Crippen LogP contribution in [0.5, 0.6) is 0 Å². The van der Waals surface area contributed by atoms with E-state index in [-0.39, 0.29) is 103 Å². The van der Waals surface area contributed by atoms with Gasteiger partial charge in [0.05, 0.1) is 0 Å². The molecule has 0 radical (unpaired) electrons. The third-order valence-corrected chi connectivity index (χ3v) is 22.1. The summed E-state index contributed by atoms with van der Waals surface area (Å²) in [5.74, 6) is -7.52. The molecule has 22 heteroatoms. The molecule has 3 aliphatic heterocycles. The van der Waals surface area contributed by atoms with Crippen LogP contribution in [0.2, 0.25) is 0 Å². The van der Waals surface area contributed by atoms with Crippen LogP contribution in [0.25, 0.3) is 64.6 Å². The molecule has 10 aromatic rings. The molecule has 0 bridgehead atoms. The van der Waals surface area contributed by atoms with Crippen molar-refractivity contribution < 1.29 is 47.9 Å². The average molecular weight is 1470 g/mol. The van der Waals surface area contributed by atoms with Crippen molar-refractivity contribution in [1.82, 2.24) is 52.3 Å². The summed E-state index contributed by atoms with van der Waals surface area (Å²) in [6.07, 6.45) is 1.61.